The molecule has 1 heteroatoms. The average molecular weight is 320 g/mol. The van der Waals surface area contributed by atoms with Crippen LogP contribution in [0.4, 0.5) is 0 Å². The van der Waals surface area contributed by atoms with Crippen molar-refractivity contribution in [3.8, 4) is 0 Å². The maximum atomic E-state index is 2.38. The van der Waals surface area contributed by atoms with E-state index in [0.29, 0.717) is 0 Å². The van der Waals surface area contributed by atoms with Crippen molar-refractivity contribution >= 4 is 33.9 Å². The van der Waals surface area contributed by atoms with Crippen LogP contribution in [0.1, 0.15) is 13.8 Å². The number of fused-ring (bicyclic) bond motifs is 1. The standard InChI is InChI=1S/C19H19Ge/c1-15(2)20(17-11-4-3-5-12-17)19-14-8-10-16-9-6-7-13-18(16)19/h3-15H,1-2H3. The molecule has 0 amide bonds. The number of hydrogen-bond acceptors (Lipinski definition) is 0. The molecule has 0 aliphatic heterocycles. The Morgan fingerprint density at radius 1 is 0.700 bits per heavy atom. The first-order valence-corrected chi connectivity index (χ1v) is 10.5. The molecule has 0 spiro atoms. The molecular weight excluding hydrogens is 301 g/mol. The van der Waals surface area contributed by atoms with Crippen LogP contribution in [-0.2, 0) is 0 Å². The van der Waals surface area contributed by atoms with Crippen molar-refractivity contribution in [2.45, 2.75) is 18.6 Å². The van der Waals surface area contributed by atoms with E-state index in [-0.39, 0.29) is 0 Å². The Balaban J connectivity index is 2.21. The molecule has 0 atom stereocenters. The molecule has 1 radical (unpaired) electrons. The van der Waals surface area contributed by atoms with E-state index in [1.165, 1.54) is 10.8 Å². The van der Waals surface area contributed by atoms with Crippen LogP contribution in [0, 0.1) is 0 Å². The first kappa shape index (κ1) is 13.4. The molecule has 3 aromatic rings. The second-order valence-electron chi connectivity index (χ2n) is 5.46. The van der Waals surface area contributed by atoms with Crippen molar-refractivity contribution in [2.24, 2.45) is 0 Å². The van der Waals surface area contributed by atoms with Gasteiger partial charge in [0, 0.05) is 0 Å². The van der Waals surface area contributed by atoms with Gasteiger partial charge in [0.05, 0.1) is 0 Å². The summed E-state index contributed by atoms with van der Waals surface area (Å²) in [5, 5.41) is 2.81. The van der Waals surface area contributed by atoms with Gasteiger partial charge < -0.3 is 0 Å². The third kappa shape index (κ3) is 2.53. The minimum atomic E-state index is -1.50. The molecule has 20 heavy (non-hydrogen) atoms. The van der Waals surface area contributed by atoms with Gasteiger partial charge in [-0.05, 0) is 0 Å². The second-order valence-corrected chi connectivity index (χ2v) is 12.0. The molecule has 0 saturated heterocycles. The van der Waals surface area contributed by atoms with Crippen LogP contribution < -0.4 is 8.79 Å². The number of hydrogen-bond donors (Lipinski definition) is 0. The predicted octanol–water partition coefficient (Wildman–Crippen LogP) is 3.86. The molecule has 0 saturated carbocycles. The van der Waals surface area contributed by atoms with Crippen LogP contribution >= 0.6 is 0 Å². The molecule has 0 bridgehead atoms. The molecule has 0 N–H and O–H groups in total. The Labute approximate surface area is 125 Å². The van der Waals surface area contributed by atoms with Gasteiger partial charge in [0.15, 0.2) is 0 Å². The van der Waals surface area contributed by atoms with Gasteiger partial charge in [-0.1, -0.05) is 0 Å². The summed E-state index contributed by atoms with van der Waals surface area (Å²) in [7, 11) is 0. The molecule has 0 aliphatic carbocycles. The summed E-state index contributed by atoms with van der Waals surface area (Å²) in [6.07, 6.45) is 0. The van der Waals surface area contributed by atoms with E-state index in [1.807, 2.05) is 0 Å². The molecular formula is C19H19Ge. The van der Waals surface area contributed by atoms with Crippen LogP contribution in [0.25, 0.3) is 10.8 Å². The van der Waals surface area contributed by atoms with E-state index in [0.717, 1.165) is 4.75 Å². The first-order valence-electron chi connectivity index (χ1n) is 7.18. The minimum absolute atomic E-state index is 0.739. The molecule has 0 aromatic heterocycles. The van der Waals surface area contributed by atoms with Gasteiger partial charge >= 0.3 is 125 Å². The Kier molecular flexibility index (Phi) is 3.93. The van der Waals surface area contributed by atoms with Gasteiger partial charge in [0.2, 0.25) is 0 Å². The normalized spacial score (nSPS) is 11.4. The van der Waals surface area contributed by atoms with E-state index >= 15 is 0 Å². The van der Waals surface area contributed by atoms with E-state index in [4.69, 9.17) is 0 Å². The summed E-state index contributed by atoms with van der Waals surface area (Å²) in [6, 6.07) is 26.7. The monoisotopic (exact) mass is 321 g/mol. The summed E-state index contributed by atoms with van der Waals surface area (Å²) in [4.78, 5) is 0. The van der Waals surface area contributed by atoms with Crippen LogP contribution in [-0.4, -0.2) is 14.3 Å². The molecule has 99 valence electrons. The van der Waals surface area contributed by atoms with E-state index in [2.05, 4.69) is 86.6 Å². The summed E-state index contributed by atoms with van der Waals surface area (Å²) in [6.45, 7) is 4.76. The summed E-state index contributed by atoms with van der Waals surface area (Å²) < 4.78 is 3.91. The third-order valence-electron chi connectivity index (χ3n) is 3.74. The van der Waals surface area contributed by atoms with E-state index in [9.17, 15) is 0 Å². The fourth-order valence-corrected chi connectivity index (χ4v) is 9.06. The van der Waals surface area contributed by atoms with Crippen LogP contribution in [0.3, 0.4) is 0 Å². The van der Waals surface area contributed by atoms with Crippen LogP contribution in [0.5, 0.6) is 0 Å². The van der Waals surface area contributed by atoms with Crippen molar-refractivity contribution in [3.05, 3.63) is 72.8 Å². The summed E-state index contributed by atoms with van der Waals surface area (Å²) in [5.41, 5.74) is 0. The van der Waals surface area contributed by atoms with Crippen LogP contribution in [0.2, 0.25) is 4.75 Å². The van der Waals surface area contributed by atoms with Gasteiger partial charge in [-0.2, -0.15) is 0 Å². The average Bonchev–Trinajstić information content (AvgIpc) is 2.48. The van der Waals surface area contributed by atoms with Crippen molar-refractivity contribution in [2.75, 3.05) is 0 Å². The number of benzene rings is 3. The second kappa shape index (κ2) is 5.84. The van der Waals surface area contributed by atoms with Crippen molar-refractivity contribution < 1.29 is 0 Å². The summed E-state index contributed by atoms with van der Waals surface area (Å²) in [5.74, 6) is 0. The Morgan fingerprint density at radius 2 is 1.35 bits per heavy atom. The Morgan fingerprint density at radius 3 is 2.10 bits per heavy atom. The van der Waals surface area contributed by atoms with E-state index < -0.39 is 14.3 Å². The van der Waals surface area contributed by atoms with Gasteiger partial charge in [-0.3, -0.25) is 0 Å². The summed E-state index contributed by atoms with van der Waals surface area (Å²) >= 11 is -1.50. The molecule has 3 rings (SSSR count). The van der Waals surface area contributed by atoms with E-state index in [1.54, 1.807) is 8.79 Å². The fourth-order valence-electron chi connectivity index (χ4n) is 2.88. The zero-order valence-electron chi connectivity index (χ0n) is 12.0. The molecule has 0 nitrogen and oxygen atoms in total. The quantitative estimate of drug-likeness (QED) is 0.643. The first-order chi connectivity index (χ1) is 9.77. The van der Waals surface area contributed by atoms with Gasteiger partial charge in [0.25, 0.3) is 0 Å². The maximum absolute atomic E-state index is 2.38. The van der Waals surface area contributed by atoms with Crippen molar-refractivity contribution in [1.29, 1.82) is 0 Å². The number of rotatable bonds is 3. The Bertz CT molecular complexity index is 696. The van der Waals surface area contributed by atoms with Crippen molar-refractivity contribution in [1.82, 2.24) is 0 Å². The van der Waals surface area contributed by atoms with Gasteiger partial charge in [0.1, 0.15) is 0 Å². The topological polar surface area (TPSA) is 0 Å². The zero-order chi connectivity index (χ0) is 13.9. The fraction of sp³-hybridized carbons (Fsp3) is 0.158. The third-order valence-corrected chi connectivity index (χ3v) is 10.3. The predicted molar refractivity (Wildman–Crippen MR) is 90.5 cm³/mol. The van der Waals surface area contributed by atoms with Crippen LogP contribution in [0.15, 0.2) is 72.8 Å². The zero-order valence-corrected chi connectivity index (χ0v) is 14.1. The SMILES string of the molecule is C[CH](C)[Ge]([c]1ccccc1)[c]1cccc2ccccc12. The molecule has 0 heterocycles. The van der Waals surface area contributed by atoms with Gasteiger partial charge in [-0.15, -0.1) is 0 Å². The van der Waals surface area contributed by atoms with Gasteiger partial charge in [-0.25, -0.2) is 0 Å². The molecule has 0 unspecified atom stereocenters. The molecule has 3 aromatic carbocycles. The van der Waals surface area contributed by atoms with Crippen molar-refractivity contribution in [3.63, 3.8) is 0 Å². The molecule has 0 aliphatic rings. The Hall–Kier alpha value is -1.54. The molecule has 0 fully saturated rings.